The van der Waals surface area contributed by atoms with E-state index >= 15 is 0 Å². The molecular weight excluding hydrogens is 252 g/mol. The smallest absolute Gasteiger partial charge is 0.244 e. The molecule has 0 saturated heterocycles. The second-order valence-electron chi connectivity index (χ2n) is 3.98. The third kappa shape index (κ3) is 3.00. The summed E-state index contributed by atoms with van der Waals surface area (Å²) in [5, 5.41) is 8.70. The first-order chi connectivity index (χ1) is 8.43. The number of ether oxygens (including phenoxy) is 1. The first-order valence-electron chi connectivity index (χ1n) is 5.46. The number of methoxy groups -OCH3 is 1. The zero-order chi connectivity index (χ0) is 13.8. The van der Waals surface area contributed by atoms with Crippen LogP contribution in [-0.2, 0) is 10.0 Å². The molecule has 0 N–H and O–H groups in total. The van der Waals surface area contributed by atoms with Crippen molar-refractivity contribution in [2.45, 2.75) is 24.8 Å². The molecule has 0 saturated carbocycles. The van der Waals surface area contributed by atoms with Crippen molar-refractivity contribution >= 4 is 10.0 Å². The average Bonchev–Trinajstić information content (AvgIpc) is 2.35. The Kier molecular flexibility index (Phi) is 4.70. The summed E-state index contributed by atoms with van der Waals surface area (Å²) in [5.41, 5.74) is 0. The van der Waals surface area contributed by atoms with E-state index in [0.717, 1.165) is 4.31 Å². The molecule has 98 valence electrons. The van der Waals surface area contributed by atoms with Gasteiger partial charge in [-0.25, -0.2) is 8.42 Å². The van der Waals surface area contributed by atoms with E-state index < -0.39 is 10.0 Å². The van der Waals surface area contributed by atoms with Gasteiger partial charge in [0.15, 0.2) is 0 Å². The van der Waals surface area contributed by atoms with Gasteiger partial charge in [-0.15, -0.1) is 0 Å². The van der Waals surface area contributed by atoms with Crippen molar-refractivity contribution < 1.29 is 13.2 Å². The molecule has 1 aromatic carbocycles. The minimum atomic E-state index is -3.63. The van der Waals surface area contributed by atoms with Gasteiger partial charge in [-0.05, 0) is 38.1 Å². The summed E-state index contributed by atoms with van der Waals surface area (Å²) in [6.45, 7) is 3.31. The van der Waals surface area contributed by atoms with Crippen LogP contribution < -0.4 is 4.74 Å². The fraction of sp³-hybridized carbons (Fsp3) is 0.417. The van der Waals surface area contributed by atoms with Gasteiger partial charge in [0.1, 0.15) is 12.3 Å². The van der Waals surface area contributed by atoms with Crippen LogP contribution in [0.3, 0.4) is 0 Å². The highest BCUT2D eigenvalue weighted by Crippen LogP contribution is 2.20. The summed E-state index contributed by atoms with van der Waals surface area (Å²) in [5.74, 6) is 0.588. The standard InChI is InChI=1S/C12H16N2O3S/c1-10(2)14(9-8-13)18(15,16)12-6-4-11(17-3)5-7-12/h4-7,10H,9H2,1-3H3. The molecule has 0 aliphatic rings. The van der Waals surface area contributed by atoms with Gasteiger partial charge < -0.3 is 4.74 Å². The molecule has 0 radical (unpaired) electrons. The normalized spacial score (nSPS) is 11.6. The zero-order valence-corrected chi connectivity index (χ0v) is 11.4. The maximum atomic E-state index is 12.3. The lowest BCUT2D eigenvalue weighted by Gasteiger charge is -2.23. The number of sulfonamides is 1. The summed E-state index contributed by atoms with van der Waals surface area (Å²) < 4.78 is 30.7. The van der Waals surface area contributed by atoms with Crippen molar-refractivity contribution in [3.63, 3.8) is 0 Å². The van der Waals surface area contributed by atoms with Crippen LogP contribution >= 0.6 is 0 Å². The molecule has 0 aromatic heterocycles. The summed E-state index contributed by atoms with van der Waals surface area (Å²) >= 11 is 0. The van der Waals surface area contributed by atoms with Crippen molar-refractivity contribution in [2.75, 3.05) is 13.7 Å². The van der Waals surface area contributed by atoms with Gasteiger partial charge in [-0.2, -0.15) is 9.57 Å². The van der Waals surface area contributed by atoms with E-state index in [1.54, 1.807) is 26.0 Å². The van der Waals surface area contributed by atoms with Crippen LogP contribution in [0.25, 0.3) is 0 Å². The quantitative estimate of drug-likeness (QED) is 0.761. The van der Waals surface area contributed by atoms with E-state index in [1.165, 1.54) is 19.2 Å². The zero-order valence-electron chi connectivity index (χ0n) is 10.6. The van der Waals surface area contributed by atoms with Crippen molar-refractivity contribution in [1.82, 2.24) is 4.31 Å². The van der Waals surface area contributed by atoms with E-state index in [0.29, 0.717) is 5.75 Å². The molecular formula is C12H16N2O3S. The van der Waals surface area contributed by atoms with Gasteiger partial charge in [0.25, 0.3) is 0 Å². The lowest BCUT2D eigenvalue weighted by molar-refractivity contribution is 0.385. The Labute approximate surface area is 108 Å². The second kappa shape index (κ2) is 5.85. The van der Waals surface area contributed by atoms with Gasteiger partial charge in [-0.3, -0.25) is 0 Å². The van der Waals surface area contributed by atoms with Gasteiger partial charge in [0.05, 0.1) is 18.1 Å². The fourth-order valence-electron chi connectivity index (χ4n) is 1.50. The number of hydrogen-bond acceptors (Lipinski definition) is 4. The Morgan fingerprint density at radius 2 is 1.89 bits per heavy atom. The minimum absolute atomic E-state index is 0.159. The molecule has 0 spiro atoms. The molecule has 1 rings (SSSR count). The maximum absolute atomic E-state index is 12.3. The summed E-state index contributed by atoms with van der Waals surface area (Å²) in [6, 6.07) is 7.71. The van der Waals surface area contributed by atoms with E-state index in [1.807, 2.05) is 6.07 Å². The number of benzene rings is 1. The molecule has 0 fully saturated rings. The van der Waals surface area contributed by atoms with Gasteiger partial charge in [0.2, 0.25) is 10.0 Å². The molecule has 0 amide bonds. The molecule has 1 aromatic rings. The Hall–Kier alpha value is -1.58. The maximum Gasteiger partial charge on any atom is 0.244 e. The van der Waals surface area contributed by atoms with Gasteiger partial charge >= 0.3 is 0 Å². The van der Waals surface area contributed by atoms with Crippen LogP contribution in [-0.4, -0.2) is 32.4 Å². The highest BCUT2D eigenvalue weighted by atomic mass is 32.2. The number of rotatable bonds is 5. The predicted octanol–water partition coefficient (Wildman–Crippen LogP) is 1.62. The van der Waals surface area contributed by atoms with Crippen molar-refractivity contribution in [3.8, 4) is 11.8 Å². The lowest BCUT2D eigenvalue weighted by atomic mass is 10.3. The summed E-state index contributed by atoms with van der Waals surface area (Å²) in [4.78, 5) is 0.159. The van der Waals surface area contributed by atoms with Gasteiger partial charge in [0, 0.05) is 6.04 Å². The third-order valence-electron chi connectivity index (χ3n) is 2.47. The predicted molar refractivity (Wildman–Crippen MR) is 67.6 cm³/mol. The first kappa shape index (κ1) is 14.5. The molecule has 0 aliphatic heterocycles. The monoisotopic (exact) mass is 268 g/mol. The molecule has 5 nitrogen and oxygen atoms in total. The molecule has 0 unspecified atom stereocenters. The summed E-state index contributed by atoms with van der Waals surface area (Å²) in [7, 11) is -2.12. The van der Waals surface area contributed by atoms with Crippen LogP contribution in [0.5, 0.6) is 5.75 Å². The van der Waals surface area contributed by atoms with E-state index in [4.69, 9.17) is 10.00 Å². The van der Waals surface area contributed by atoms with Crippen molar-refractivity contribution in [3.05, 3.63) is 24.3 Å². The Balaban J connectivity index is 3.14. The van der Waals surface area contributed by atoms with E-state index in [-0.39, 0.29) is 17.5 Å². The van der Waals surface area contributed by atoms with E-state index in [9.17, 15) is 8.42 Å². The van der Waals surface area contributed by atoms with Crippen molar-refractivity contribution in [1.29, 1.82) is 5.26 Å². The van der Waals surface area contributed by atoms with Crippen molar-refractivity contribution in [2.24, 2.45) is 0 Å². The van der Waals surface area contributed by atoms with Crippen LogP contribution in [0.15, 0.2) is 29.2 Å². The highest BCUT2D eigenvalue weighted by Gasteiger charge is 2.26. The van der Waals surface area contributed by atoms with Gasteiger partial charge in [-0.1, -0.05) is 0 Å². The molecule has 0 heterocycles. The summed E-state index contributed by atoms with van der Waals surface area (Å²) in [6.07, 6.45) is 0. The SMILES string of the molecule is COc1ccc(S(=O)(=O)N(CC#N)C(C)C)cc1. The topological polar surface area (TPSA) is 70.4 Å². The molecule has 0 atom stereocenters. The minimum Gasteiger partial charge on any atom is -0.497 e. The second-order valence-corrected chi connectivity index (χ2v) is 5.87. The Morgan fingerprint density at radius 1 is 1.33 bits per heavy atom. The van der Waals surface area contributed by atoms with Crippen LogP contribution in [0, 0.1) is 11.3 Å². The Morgan fingerprint density at radius 3 is 2.28 bits per heavy atom. The molecule has 0 bridgehead atoms. The van der Waals surface area contributed by atoms with E-state index in [2.05, 4.69) is 0 Å². The number of hydrogen-bond donors (Lipinski definition) is 0. The average molecular weight is 268 g/mol. The number of nitriles is 1. The first-order valence-corrected chi connectivity index (χ1v) is 6.90. The highest BCUT2D eigenvalue weighted by molar-refractivity contribution is 7.89. The van der Waals surface area contributed by atoms with Crippen LogP contribution in [0.4, 0.5) is 0 Å². The fourth-order valence-corrected chi connectivity index (χ4v) is 3.03. The van der Waals surface area contributed by atoms with Crippen LogP contribution in [0.1, 0.15) is 13.8 Å². The number of nitrogens with zero attached hydrogens (tertiary/aromatic N) is 2. The largest absolute Gasteiger partial charge is 0.497 e. The third-order valence-corrected chi connectivity index (χ3v) is 4.50. The lowest BCUT2D eigenvalue weighted by Crippen LogP contribution is -2.37. The molecule has 0 aliphatic carbocycles. The molecule has 18 heavy (non-hydrogen) atoms. The van der Waals surface area contributed by atoms with Crippen LogP contribution in [0.2, 0.25) is 0 Å². The molecule has 6 heteroatoms. The Bertz CT molecular complexity index is 529.